The minimum atomic E-state index is -0.149. The summed E-state index contributed by atoms with van der Waals surface area (Å²) in [5.74, 6) is 0.647. The number of benzene rings is 1. The van der Waals surface area contributed by atoms with Crippen LogP contribution in [0.15, 0.2) is 34.9 Å². The number of methoxy groups -OCH3 is 1. The lowest BCUT2D eigenvalue weighted by Crippen LogP contribution is -2.29. The number of ether oxygens (including phenoxy) is 1. The highest BCUT2D eigenvalue weighted by Crippen LogP contribution is 2.20. The maximum absolute atomic E-state index is 12.4. The summed E-state index contributed by atoms with van der Waals surface area (Å²) in [6, 6.07) is 7.54. The smallest absolute Gasteiger partial charge is 0.271 e. The van der Waals surface area contributed by atoms with E-state index in [0.717, 1.165) is 11.3 Å². The standard InChI is InChI=1S/C15H18BrN3O2/c1-4-19-14(13(16)9-17-19)15(20)18-10(2)11-5-7-12(21-3)8-6-11/h5-10H,4H2,1-3H3,(H,18,20). The third kappa shape index (κ3) is 3.44. The minimum absolute atomic E-state index is 0.101. The number of aromatic nitrogens is 2. The SMILES string of the molecule is CCn1ncc(Br)c1C(=O)NC(C)c1ccc(OC)cc1. The van der Waals surface area contributed by atoms with E-state index >= 15 is 0 Å². The average Bonchev–Trinajstić information content (AvgIpc) is 2.88. The Balaban J connectivity index is 2.12. The molecule has 1 amide bonds. The van der Waals surface area contributed by atoms with Crippen LogP contribution in [0.3, 0.4) is 0 Å². The minimum Gasteiger partial charge on any atom is -0.497 e. The molecule has 0 saturated carbocycles. The van der Waals surface area contributed by atoms with E-state index in [0.29, 0.717) is 16.7 Å². The maximum atomic E-state index is 12.4. The van der Waals surface area contributed by atoms with Crippen LogP contribution in [-0.2, 0) is 6.54 Å². The number of aryl methyl sites for hydroxylation is 1. The summed E-state index contributed by atoms with van der Waals surface area (Å²) < 4.78 is 7.49. The molecule has 0 radical (unpaired) electrons. The van der Waals surface area contributed by atoms with Crippen LogP contribution in [0.5, 0.6) is 5.75 Å². The van der Waals surface area contributed by atoms with Crippen LogP contribution in [-0.4, -0.2) is 22.8 Å². The highest BCUT2D eigenvalue weighted by atomic mass is 79.9. The van der Waals surface area contributed by atoms with Crippen LogP contribution in [0.25, 0.3) is 0 Å². The summed E-state index contributed by atoms with van der Waals surface area (Å²) in [5.41, 5.74) is 1.56. The predicted molar refractivity (Wildman–Crippen MR) is 84.5 cm³/mol. The topological polar surface area (TPSA) is 56.2 Å². The lowest BCUT2D eigenvalue weighted by atomic mass is 10.1. The Morgan fingerprint density at radius 2 is 2.10 bits per heavy atom. The Morgan fingerprint density at radius 1 is 1.43 bits per heavy atom. The molecule has 5 nitrogen and oxygen atoms in total. The second-order valence-corrected chi connectivity index (χ2v) is 5.48. The Morgan fingerprint density at radius 3 is 2.67 bits per heavy atom. The van der Waals surface area contributed by atoms with Gasteiger partial charge in [0.2, 0.25) is 0 Å². The van der Waals surface area contributed by atoms with E-state index in [1.54, 1.807) is 18.0 Å². The molecule has 21 heavy (non-hydrogen) atoms. The van der Waals surface area contributed by atoms with Gasteiger partial charge in [0.15, 0.2) is 0 Å². The van der Waals surface area contributed by atoms with Crippen molar-refractivity contribution < 1.29 is 9.53 Å². The second kappa shape index (κ2) is 6.76. The Hall–Kier alpha value is -1.82. The molecule has 1 atom stereocenters. The van der Waals surface area contributed by atoms with Crippen molar-refractivity contribution in [2.45, 2.75) is 26.4 Å². The van der Waals surface area contributed by atoms with Crippen LogP contribution in [0.1, 0.15) is 35.9 Å². The van der Waals surface area contributed by atoms with Crippen molar-refractivity contribution in [2.75, 3.05) is 7.11 Å². The Labute approximate surface area is 132 Å². The van der Waals surface area contributed by atoms with E-state index in [2.05, 4.69) is 26.3 Å². The van der Waals surface area contributed by atoms with Crippen LogP contribution in [0, 0.1) is 0 Å². The number of hydrogen-bond acceptors (Lipinski definition) is 3. The van der Waals surface area contributed by atoms with E-state index < -0.39 is 0 Å². The molecule has 1 N–H and O–H groups in total. The number of halogens is 1. The quantitative estimate of drug-likeness (QED) is 0.899. The molecule has 1 aromatic carbocycles. The highest BCUT2D eigenvalue weighted by Gasteiger charge is 2.18. The van der Waals surface area contributed by atoms with Crippen molar-refractivity contribution in [3.05, 3.63) is 46.2 Å². The van der Waals surface area contributed by atoms with Gasteiger partial charge in [0.25, 0.3) is 5.91 Å². The molecule has 1 aromatic heterocycles. The number of carbonyl (C=O) groups is 1. The molecular weight excluding hydrogens is 334 g/mol. The molecule has 0 aliphatic heterocycles. The van der Waals surface area contributed by atoms with Gasteiger partial charge in [-0.3, -0.25) is 9.48 Å². The zero-order valence-electron chi connectivity index (χ0n) is 12.3. The molecule has 6 heteroatoms. The molecule has 0 bridgehead atoms. The Bertz CT molecular complexity index is 622. The molecule has 112 valence electrons. The van der Waals surface area contributed by atoms with E-state index in [4.69, 9.17) is 4.74 Å². The first-order valence-corrected chi connectivity index (χ1v) is 7.52. The van der Waals surface area contributed by atoms with Crippen molar-refractivity contribution in [1.82, 2.24) is 15.1 Å². The van der Waals surface area contributed by atoms with Crippen LogP contribution in [0.4, 0.5) is 0 Å². The van der Waals surface area contributed by atoms with E-state index in [1.807, 2.05) is 38.1 Å². The number of hydrogen-bond donors (Lipinski definition) is 1. The van der Waals surface area contributed by atoms with Crippen LogP contribution >= 0.6 is 15.9 Å². The van der Waals surface area contributed by atoms with Gasteiger partial charge in [-0.15, -0.1) is 0 Å². The lowest BCUT2D eigenvalue weighted by Gasteiger charge is -2.15. The fourth-order valence-electron chi connectivity index (χ4n) is 2.07. The number of nitrogens with one attached hydrogen (secondary N) is 1. The van der Waals surface area contributed by atoms with Gasteiger partial charge in [0.1, 0.15) is 11.4 Å². The fourth-order valence-corrected chi connectivity index (χ4v) is 2.55. The summed E-state index contributed by atoms with van der Waals surface area (Å²) in [6.45, 7) is 4.54. The predicted octanol–water partition coefficient (Wildman–Crippen LogP) is 3.17. The number of nitrogens with zero attached hydrogens (tertiary/aromatic N) is 2. The average molecular weight is 352 g/mol. The molecule has 0 saturated heterocycles. The molecule has 2 rings (SSSR count). The number of rotatable bonds is 5. The molecule has 1 unspecified atom stereocenters. The van der Waals surface area contributed by atoms with Gasteiger partial charge in [-0.1, -0.05) is 12.1 Å². The summed E-state index contributed by atoms with van der Waals surface area (Å²) in [5, 5.41) is 7.13. The van der Waals surface area contributed by atoms with Gasteiger partial charge < -0.3 is 10.1 Å². The fraction of sp³-hybridized carbons (Fsp3) is 0.333. The Kier molecular flexibility index (Phi) is 5.01. The zero-order valence-corrected chi connectivity index (χ0v) is 13.8. The van der Waals surface area contributed by atoms with Crippen molar-refractivity contribution in [3.8, 4) is 5.75 Å². The van der Waals surface area contributed by atoms with Crippen molar-refractivity contribution >= 4 is 21.8 Å². The van der Waals surface area contributed by atoms with Gasteiger partial charge in [0.05, 0.1) is 23.8 Å². The first-order chi connectivity index (χ1) is 10.1. The number of amides is 1. The largest absolute Gasteiger partial charge is 0.497 e. The first-order valence-electron chi connectivity index (χ1n) is 6.73. The van der Waals surface area contributed by atoms with Crippen LogP contribution < -0.4 is 10.1 Å². The van der Waals surface area contributed by atoms with Gasteiger partial charge in [-0.25, -0.2) is 0 Å². The van der Waals surface area contributed by atoms with Crippen LogP contribution in [0.2, 0.25) is 0 Å². The molecule has 0 fully saturated rings. The summed E-state index contributed by atoms with van der Waals surface area (Å²) in [7, 11) is 1.63. The third-order valence-electron chi connectivity index (χ3n) is 3.27. The maximum Gasteiger partial charge on any atom is 0.271 e. The monoisotopic (exact) mass is 351 g/mol. The van der Waals surface area contributed by atoms with E-state index in [1.165, 1.54) is 0 Å². The summed E-state index contributed by atoms with van der Waals surface area (Å²) in [4.78, 5) is 12.4. The van der Waals surface area contributed by atoms with Gasteiger partial charge >= 0.3 is 0 Å². The molecule has 0 aliphatic carbocycles. The van der Waals surface area contributed by atoms with Gasteiger partial charge in [0, 0.05) is 6.54 Å². The van der Waals surface area contributed by atoms with E-state index in [-0.39, 0.29) is 11.9 Å². The highest BCUT2D eigenvalue weighted by molar-refractivity contribution is 9.10. The summed E-state index contributed by atoms with van der Waals surface area (Å²) in [6.07, 6.45) is 1.64. The van der Waals surface area contributed by atoms with Crippen molar-refractivity contribution in [1.29, 1.82) is 0 Å². The van der Waals surface area contributed by atoms with E-state index in [9.17, 15) is 4.79 Å². The van der Waals surface area contributed by atoms with Gasteiger partial charge in [-0.2, -0.15) is 5.10 Å². The number of carbonyl (C=O) groups excluding carboxylic acids is 1. The zero-order chi connectivity index (χ0) is 15.4. The third-order valence-corrected chi connectivity index (χ3v) is 3.85. The van der Waals surface area contributed by atoms with Crippen molar-refractivity contribution in [2.24, 2.45) is 0 Å². The second-order valence-electron chi connectivity index (χ2n) is 4.63. The summed E-state index contributed by atoms with van der Waals surface area (Å²) >= 11 is 3.36. The molecule has 0 spiro atoms. The molecular formula is C15H18BrN3O2. The van der Waals surface area contributed by atoms with Crippen molar-refractivity contribution in [3.63, 3.8) is 0 Å². The molecule has 1 heterocycles. The molecule has 2 aromatic rings. The lowest BCUT2D eigenvalue weighted by molar-refractivity contribution is 0.0928. The normalized spacial score (nSPS) is 12.0. The van der Waals surface area contributed by atoms with Gasteiger partial charge in [-0.05, 0) is 47.5 Å². The first kappa shape index (κ1) is 15.6. The molecule has 0 aliphatic rings.